The highest BCUT2D eigenvalue weighted by molar-refractivity contribution is 7.99. The van der Waals surface area contributed by atoms with Crippen molar-refractivity contribution < 1.29 is 4.79 Å². The van der Waals surface area contributed by atoms with Gasteiger partial charge in [0.05, 0.1) is 11.7 Å². The second kappa shape index (κ2) is 7.65. The van der Waals surface area contributed by atoms with Gasteiger partial charge in [-0.1, -0.05) is 26.0 Å². The molecule has 1 amide bonds. The molecule has 1 aromatic rings. The molecule has 0 saturated carbocycles. The molecule has 1 aromatic carbocycles. The maximum Gasteiger partial charge on any atom is 0.244 e. The Bertz CT molecular complexity index is 595. The van der Waals surface area contributed by atoms with Crippen LogP contribution in [0.1, 0.15) is 27.2 Å². The molecule has 6 heteroatoms. The van der Waals surface area contributed by atoms with E-state index in [2.05, 4.69) is 30.9 Å². The van der Waals surface area contributed by atoms with Crippen molar-refractivity contribution in [3.05, 3.63) is 24.3 Å². The number of benzene rings is 1. The van der Waals surface area contributed by atoms with Crippen LogP contribution in [0.2, 0.25) is 0 Å². The second-order valence-electron chi connectivity index (χ2n) is 7.34. The fraction of sp³-hybridized carbons (Fsp3) is 0.611. The highest BCUT2D eigenvalue weighted by Crippen LogP contribution is 2.35. The molecule has 2 unspecified atom stereocenters. The van der Waals surface area contributed by atoms with Crippen LogP contribution >= 0.6 is 24.2 Å². The second-order valence-corrected chi connectivity index (χ2v) is 8.47. The van der Waals surface area contributed by atoms with Crippen molar-refractivity contribution in [2.75, 3.05) is 30.3 Å². The number of carbonyl (C=O) groups is 1. The standard InChI is InChI=1S/C18H27N3OS.ClH/c1-13(20-9-8-16(19)18(2,3)12-20)17(22)21-10-11-23-15-7-5-4-6-14(15)21;/h4-7,13,16H,8-12,19H2,1-3H3;1H. The Kier molecular flexibility index (Phi) is 6.24. The number of likely N-dealkylation sites (tertiary alicyclic amines) is 1. The average Bonchev–Trinajstić information content (AvgIpc) is 2.55. The van der Waals surface area contributed by atoms with Gasteiger partial charge in [-0.25, -0.2) is 0 Å². The van der Waals surface area contributed by atoms with Gasteiger partial charge in [-0.15, -0.1) is 24.2 Å². The molecular formula is C18H28ClN3OS. The zero-order valence-electron chi connectivity index (χ0n) is 14.7. The van der Waals surface area contributed by atoms with Crippen LogP contribution in [0, 0.1) is 5.41 Å². The summed E-state index contributed by atoms with van der Waals surface area (Å²) in [5, 5.41) is 0. The van der Waals surface area contributed by atoms with Gasteiger partial charge in [0.15, 0.2) is 0 Å². The van der Waals surface area contributed by atoms with Gasteiger partial charge in [0.1, 0.15) is 0 Å². The fourth-order valence-electron chi connectivity index (χ4n) is 3.53. The minimum Gasteiger partial charge on any atom is -0.327 e. The minimum absolute atomic E-state index is 0. The summed E-state index contributed by atoms with van der Waals surface area (Å²) in [5.41, 5.74) is 7.35. The van der Waals surface area contributed by atoms with Crippen LogP contribution in [0.15, 0.2) is 29.2 Å². The van der Waals surface area contributed by atoms with Crippen molar-refractivity contribution in [3.8, 4) is 0 Å². The molecule has 1 fully saturated rings. The van der Waals surface area contributed by atoms with Crippen LogP contribution in [-0.2, 0) is 4.79 Å². The Hall–Kier alpha value is -0.750. The summed E-state index contributed by atoms with van der Waals surface area (Å²) < 4.78 is 0. The van der Waals surface area contributed by atoms with Gasteiger partial charge in [0.25, 0.3) is 0 Å². The number of para-hydroxylation sites is 1. The molecule has 2 aliphatic heterocycles. The van der Waals surface area contributed by atoms with E-state index in [9.17, 15) is 4.79 Å². The van der Waals surface area contributed by atoms with Crippen molar-refractivity contribution in [2.24, 2.45) is 11.1 Å². The Morgan fingerprint density at radius 3 is 2.75 bits per heavy atom. The average molecular weight is 370 g/mol. The molecule has 2 heterocycles. The molecule has 3 rings (SSSR count). The maximum absolute atomic E-state index is 13.1. The van der Waals surface area contributed by atoms with Gasteiger partial charge in [0.2, 0.25) is 5.91 Å². The quantitative estimate of drug-likeness (QED) is 0.870. The number of halogens is 1. The molecule has 0 bridgehead atoms. The molecule has 2 N–H and O–H groups in total. The third-order valence-corrected chi connectivity index (χ3v) is 6.28. The molecule has 0 spiro atoms. The first kappa shape index (κ1) is 19.6. The first-order valence-electron chi connectivity index (χ1n) is 8.43. The molecule has 4 nitrogen and oxygen atoms in total. The van der Waals surface area contributed by atoms with Crippen molar-refractivity contribution in [1.29, 1.82) is 0 Å². The summed E-state index contributed by atoms with van der Waals surface area (Å²) in [6.45, 7) is 9.02. The van der Waals surface area contributed by atoms with Gasteiger partial charge < -0.3 is 10.6 Å². The van der Waals surface area contributed by atoms with Gasteiger partial charge in [-0.2, -0.15) is 0 Å². The lowest BCUT2D eigenvalue weighted by Gasteiger charge is -2.45. The van der Waals surface area contributed by atoms with Gasteiger partial charge in [-0.3, -0.25) is 9.69 Å². The topological polar surface area (TPSA) is 49.6 Å². The van der Waals surface area contributed by atoms with Gasteiger partial charge in [0, 0.05) is 36.3 Å². The normalized spacial score (nSPS) is 24.7. The van der Waals surface area contributed by atoms with E-state index in [1.165, 1.54) is 4.90 Å². The van der Waals surface area contributed by atoms with Crippen LogP contribution in [-0.4, -0.2) is 48.3 Å². The molecule has 24 heavy (non-hydrogen) atoms. The van der Waals surface area contributed by atoms with E-state index in [4.69, 9.17) is 5.73 Å². The molecule has 134 valence electrons. The monoisotopic (exact) mass is 369 g/mol. The van der Waals surface area contributed by atoms with Crippen molar-refractivity contribution in [1.82, 2.24) is 4.90 Å². The van der Waals surface area contributed by atoms with E-state index >= 15 is 0 Å². The van der Waals surface area contributed by atoms with Crippen LogP contribution in [0.3, 0.4) is 0 Å². The van der Waals surface area contributed by atoms with Gasteiger partial charge >= 0.3 is 0 Å². The zero-order valence-corrected chi connectivity index (χ0v) is 16.3. The summed E-state index contributed by atoms with van der Waals surface area (Å²) in [5.74, 6) is 1.18. The number of thioether (sulfide) groups is 1. The summed E-state index contributed by atoms with van der Waals surface area (Å²) in [6.07, 6.45) is 0.955. The van der Waals surface area contributed by atoms with Crippen molar-refractivity contribution >= 4 is 35.8 Å². The predicted molar refractivity (Wildman–Crippen MR) is 104 cm³/mol. The molecule has 2 atom stereocenters. The Morgan fingerprint density at radius 2 is 2.04 bits per heavy atom. The zero-order chi connectivity index (χ0) is 16.6. The Morgan fingerprint density at radius 1 is 1.33 bits per heavy atom. The summed E-state index contributed by atoms with van der Waals surface area (Å²) in [6, 6.07) is 8.33. The maximum atomic E-state index is 13.1. The third-order valence-electron chi connectivity index (χ3n) is 5.24. The van der Waals surface area contributed by atoms with Crippen LogP contribution in [0.4, 0.5) is 5.69 Å². The number of carbonyl (C=O) groups excluding carboxylic acids is 1. The molecular weight excluding hydrogens is 342 g/mol. The molecule has 0 radical (unpaired) electrons. The Balaban J connectivity index is 0.00000208. The number of hydrogen-bond donors (Lipinski definition) is 1. The van der Waals surface area contributed by atoms with Crippen LogP contribution in [0.25, 0.3) is 0 Å². The number of nitrogens with two attached hydrogens (primary N) is 1. The highest BCUT2D eigenvalue weighted by Gasteiger charge is 2.38. The number of hydrogen-bond acceptors (Lipinski definition) is 4. The van der Waals surface area contributed by atoms with E-state index in [0.717, 1.165) is 37.5 Å². The highest BCUT2D eigenvalue weighted by atomic mass is 35.5. The van der Waals surface area contributed by atoms with E-state index in [1.807, 2.05) is 35.7 Å². The number of rotatable bonds is 2. The van der Waals surface area contributed by atoms with Gasteiger partial charge in [-0.05, 0) is 30.9 Å². The van der Waals surface area contributed by atoms with E-state index in [1.54, 1.807) is 0 Å². The number of anilines is 1. The molecule has 0 aromatic heterocycles. The third kappa shape index (κ3) is 3.74. The largest absolute Gasteiger partial charge is 0.327 e. The smallest absolute Gasteiger partial charge is 0.244 e. The first-order valence-corrected chi connectivity index (χ1v) is 9.41. The molecule has 0 aliphatic carbocycles. The number of amides is 1. The summed E-state index contributed by atoms with van der Waals surface area (Å²) >= 11 is 1.83. The first-order chi connectivity index (χ1) is 10.9. The van der Waals surface area contributed by atoms with E-state index in [-0.39, 0.29) is 35.8 Å². The van der Waals surface area contributed by atoms with E-state index < -0.39 is 0 Å². The lowest BCUT2D eigenvalue weighted by atomic mass is 9.79. The SMILES string of the molecule is CC(C(=O)N1CCSc2ccccc21)N1CCC(N)C(C)(C)C1.Cl. The van der Waals surface area contributed by atoms with Crippen molar-refractivity contribution in [3.63, 3.8) is 0 Å². The fourth-order valence-corrected chi connectivity index (χ4v) is 4.52. The lowest BCUT2D eigenvalue weighted by Crippen LogP contribution is -2.58. The molecule has 1 saturated heterocycles. The number of piperidine rings is 1. The number of fused-ring (bicyclic) bond motifs is 1. The van der Waals surface area contributed by atoms with E-state index in [0.29, 0.717) is 0 Å². The van der Waals surface area contributed by atoms with Crippen molar-refractivity contribution in [2.45, 2.75) is 44.2 Å². The summed E-state index contributed by atoms with van der Waals surface area (Å²) in [7, 11) is 0. The predicted octanol–water partition coefficient (Wildman–Crippen LogP) is 2.99. The minimum atomic E-state index is -0.0991. The molecule has 2 aliphatic rings. The summed E-state index contributed by atoms with van der Waals surface area (Å²) in [4.78, 5) is 18.6. The van der Waals surface area contributed by atoms with Crippen LogP contribution in [0.5, 0.6) is 0 Å². The lowest BCUT2D eigenvalue weighted by molar-refractivity contribution is -0.124. The Labute approximate surface area is 155 Å². The number of nitrogens with zero attached hydrogens (tertiary/aromatic N) is 2. The van der Waals surface area contributed by atoms with Crippen LogP contribution < -0.4 is 10.6 Å².